The zero-order valence-electron chi connectivity index (χ0n) is 20.2. The summed E-state index contributed by atoms with van der Waals surface area (Å²) in [6.07, 6.45) is 0.690. The number of carbonyl (C=O) groups is 1. The zero-order chi connectivity index (χ0) is 25.1. The van der Waals surface area contributed by atoms with Gasteiger partial charge in [0.05, 0.1) is 28.5 Å². The second-order valence-electron chi connectivity index (χ2n) is 8.40. The number of hydrogen-bond acceptors (Lipinski definition) is 7. The molecule has 2 heterocycles. The zero-order valence-corrected chi connectivity index (χ0v) is 20.2. The molecule has 9 nitrogen and oxygen atoms in total. The van der Waals surface area contributed by atoms with Gasteiger partial charge >= 0.3 is 0 Å². The van der Waals surface area contributed by atoms with Gasteiger partial charge in [0.15, 0.2) is 5.43 Å². The molecule has 0 N–H and O–H groups in total. The predicted octanol–water partition coefficient (Wildman–Crippen LogP) is 4.38. The van der Waals surface area contributed by atoms with Gasteiger partial charge in [-0.3, -0.25) is 19.7 Å². The predicted molar refractivity (Wildman–Crippen MR) is 132 cm³/mol. The topological polar surface area (TPSA) is 106 Å². The molecule has 1 atom stereocenters. The van der Waals surface area contributed by atoms with E-state index in [4.69, 9.17) is 9.15 Å². The second-order valence-corrected chi connectivity index (χ2v) is 8.40. The van der Waals surface area contributed by atoms with Gasteiger partial charge in [0.25, 0.3) is 11.6 Å². The van der Waals surface area contributed by atoms with Crippen molar-refractivity contribution in [1.82, 2.24) is 9.80 Å². The molecule has 1 amide bonds. The molecular weight excluding hydrogens is 450 g/mol. The van der Waals surface area contributed by atoms with E-state index in [1.807, 2.05) is 6.92 Å². The van der Waals surface area contributed by atoms with Gasteiger partial charge in [0.2, 0.25) is 5.76 Å². The standard InChI is InChI=1S/C26H29N3O6/c1-4-27(5-2)13-8-14-28-23(17-9-7-10-18(15-17)29(32)33)22-24(30)20-12-11-19(34-6-3)16-21(20)35-25(22)26(28)31/h7,9-12,15-16,23H,4-6,8,13-14H2,1-3H3. The Bertz CT molecular complexity index is 1310. The van der Waals surface area contributed by atoms with E-state index in [-0.39, 0.29) is 28.0 Å². The van der Waals surface area contributed by atoms with Crippen molar-refractivity contribution in [3.63, 3.8) is 0 Å². The van der Waals surface area contributed by atoms with E-state index in [0.29, 0.717) is 36.3 Å². The summed E-state index contributed by atoms with van der Waals surface area (Å²) in [5.74, 6) is 0.132. The van der Waals surface area contributed by atoms with Gasteiger partial charge in [-0.25, -0.2) is 0 Å². The number of carbonyl (C=O) groups excluding carboxylic acids is 1. The summed E-state index contributed by atoms with van der Waals surface area (Å²) in [5, 5.41) is 11.8. The number of nitro groups is 1. The van der Waals surface area contributed by atoms with Crippen molar-refractivity contribution in [1.29, 1.82) is 0 Å². The molecule has 1 aliphatic heterocycles. The molecule has 2 aromatic carbocycles. The molecule has 0 spiro atoms. The maximum absolute atomic E-state index is 13.6. The minimum atomic E-state index is -0.763. The Morgan fingerprint density at radius 3 is 2.57 bits per heavy atom. The first kappa shape index (κ1) is 24.4. The van der Waals surface area contributed by atoms with Crippen molar-refractivity contribution >= 4 is 22.6 Å². The Kier molecular flexibility index (Phi) is 7.16. The van der Waals surface area contributed by atoms with Gasteiger partial charge in [-0.2, -0.15) is 0 Å². The van der Waals surface area contributed by atoms with Crippen molar-refractivity contribution in [2.24, 2.45) is 0 Å². The quantitative estimate of drug-likeness (QED) is 0.314. The number of non-ortho nitro benzene ring substituents is 1. The van der Waals surface area contributed by atoms with Crippen molar-refractivity contribution in [2.75, 3.05) is 32.8 Å². The monoisotopic (exact) mass is 479 g/mol. The maximum Gasteiger partial charge on any atom is 0.290 e. The van der Waals surface area contributed by atoms with Gasteiger partial charge in [0.1, 0.15) is 11.3 Å². The third-order valence-electron chi connectivity index (χ3n) is 6.41. The molecule has 4 rings (SSSR count). The normalized spacial score (nSPS) is 15.1. The molecule has 0 saturated heterocycles. The molecule has 0 aliphatic carbocycles. The van der Waals surface area contributed by atoms with Crippen LogP contribution in [0.1, 0.15) is 54.9 Å². The largest absolute Gasteiger partial charge is 0.494 e. The molecular formula is C26H29N3O6. The molecule has 0 bridgehead atoms. The Morgan fingerprint density at radius 2 is 1.89 bits per heavy atom. The number of hydrogen-bond donors (Lipinski definition) is 0. The number of ether oxygens (including phenoxy) is 1. The van der Waals surface area contributed by atoms with Crippen LogP contribution in [-0.2, 0) is 0 Å². The van der Waals surface area contributed by atoms with Crippen molar-refractivity contribution in [3.05, 3.63) is 79.7 Å². The third kappa shape index (κ3) is 4.64. The second kappa shape index (κ2) is 10.3. The highest BCUT2D eigenvalue weighted by atomic mass is 16.6. The Labute approximate surface area is 203 Å². The Hall–Kier alpha value is -3.72. The summed E-state index contributed by atoms with van der Waals surface area (Å²) in [6.45, 7) is 9.43. The SMILES string of the molecule is CCOc1ccc2c(=O)c3c(oc2c1)C(=O)N(CCCN(CC)CC)C3c1cccc([N+](=O)[O-])c1. The lowest BCUT2D eigenvalue weighted by Gasteiger charge is -2.26. The summed E-state index contributed by atoms with van der Waals surface area (Å²) in [7, 11) is 0. The molecule has 3 aromatic rings. The van der Waals surface area contributed by atoms with E-state index in [9.17, 15) is 19.7 Å². The van der Waals surface area contributed by atoms with Crippen molar-refractivity contribution in [3.8, 4) is 5.75 Å². The molecule has 1 aliphatic rings. The lowest BCUT2D eigenvalue weighted by Crippen LogP contribution is -2.33. The maximum atomic E-state index is 13.6. The van der Waals surface area contributed by atoms with Gasteiger partial charge < -0.3 is 19.0 Å². The summed E-state index contributed by atoms with van der Waals surface area (Å²) in [6, 6.07) is 10.3. The smallest absolute Gasteiger partial charge is 0.290 e. The minimum absolute atomic E-state index is 0.0181. The highest BCUT2D eigenvalue weighted by Gasteiger charge is 2.42. The van der Waals surface area contributed by atoms with Crippen LogP contribution in [0.3, 0.4) is 0 Å². The van der Waals surface area contributed by atoms with Crippen LogP contribution >= 0.6 is 0 Å². The number of rotatable bonds is 10. The Balaban J connectivity index is 1.82. The van der Waals surface area contributed by atoms with E-state index in [1.165, 1.54) is 12.1 Å². The average Bonchev–Trinajstić information content (AvgIpc) is 3.14. The number of amides is 1. The summed E-state index contributed by atoms with van der Waals surface area (Å²) in [4.78, 5) is 42.0. The third-order valence-corrected chi connectivity index (χ3v) is 6.41. The fourth-order valence-corrected chi connectivity index (χ4v) is 4.65. The molecule has 1 aromatic heterocycles. The molecule has 1 unspecified atom stereocenters. The van der Waals surface area contributed by atoms with Gasteiger partial charge in [-0.15, -0.1) is 0 Å². The fourth-order valence-electron chi connectivity index (χ4n) is 4.65. The molecule has 0 fully saturated rings. The van der Waals surface area contributed by atoms with E-state index in [2.05, 4.69) is 18.7 Å². The summed E-state index contributed by atoms with van der Waals surface area (Å²) in [5.41, 5.74) is 0.580. The van der Waals surface area contributed by atoms with Gasteiger partial charge in [-0.1, -0.05) is 26.0 Å². The van der Waals surface area contributed by atoms with Crippen molar-refractivity contribution in [2.45, 2.75) is 33.2 Å². The molecule has 0 saturated carbocycles. The van der Waals surface area contributed by atoms with Crippen LogP contribution in [0, 0.1) is 10.1 Å². The molecule has 0 radical (unpaired) electrons. The van der Waals surface area contributed by atoms with E-state index >= 15 is 0 Å². The van der Waals surface area contributed by atoms with Gasteiger partial charge in [0, 0.05) is 24.7 Å². The first-order valence-electron chi connectivity index (χ1n) is 11.9. The van der Waals surface area contributed by atoms with Crippen LogP contribution in [-0.4, -0.2) is 53.4 Å². The number of nitro benzene ring substituents is 1. The first-order chi connectivity index (χ1) is 16.9. The summed E-state index contributed by atoms with van der Waals surface area (Å²) >= 11 is 0. The van der Waals surface area contributed by atoms with Gasteiger partial charge in [-0.05, 0) is 50.7 Å². The lowest BCUT2D eigenvalue weighted by molar-refractivity contribution is -0.384. The Morgan fingerprint density at radius 1 is 1.11 bits per heavy atom. The van der Waals surface area contributed by atoms with Crippen LogP contribution in [0.2, 0.25) is 0 Å². The van der Waals surface area contributed by atoms with Crippen LogP contribution in [0.5, 0.6) is 5.75 Å². The highest BCUT2D eigenvalue weighted by molar-refractivity contribution is 5.99. The summed E-state index contributed by atoms with van der Waals surface area (Å²) < 4.78 is 11.5. The average molecular weight is 480 g/mol. The van der Waals surface area contributed by atoms with Crippen LogP contribution in [0.25, 0.3) is 11.0 Å². The fraction of sp³-hybridized carbons (Fsp3) is 0.385. The van der Waals surface area contributed by atoms with E-state index in [0.717, 1.165) is 19.6 Å². The van der Waals surface area contributed by atoms with Crippen LogP contribution in [0.4, 0.5) is 5.69 Å². The lowest BCUT2D eigenvalue weighted by atomic mass is 9.98. The minimum Gasteiger partial charge on any atom is -0.494 e. The number of fused-ring (bicyclic) bond motifs is 2. The number of benzene rings is 2. The first-order valence-corrected chi connectivity index (χ1v) is 11.9. The number of nitrogens with zero attached hydrogens (tertiary/aromatic N) is 3. The van der Waals surface area contributed by atoms with E-state index in [1.54, 1.807) is 35.2 Å². The molecule has 184 valence electrons. The van der Waals surface area contributed by atoms with Crippen molar-refractivity contribution < 1.29 is 18.9 Å². The molecule has 35 heavy (non-hydrogen) atoms. The van der Waals surface area contributed by atoms with Crippen LogP contribution < -0.4 is 10.2 Å². The highest BCUT2D eigenvalue weighted by Crippen LogP contribution is 2.39. The molecule has 9 heteroatoms. The van der Waals surface area contributed by atoms with E-state index < -0.39 is 16.9 Å². The van der Waals surface area contributed by atoms with Crippen LogP contribution in [0.15, 0.2) is 51.7 Å².